The van der Waals surface area contributed by atoms with E-state index in [4.69, 9.17) is 0 Å². The van der Waals surface area contributed by atoms with Crippen LogP contribution in [0.3, 0.4) is 0 Å². The lowest BCUT2D eigenvalue weighted by atomic mass is 10.1. The standard InChI is InChI=1S/C18H26N2O/c1-14-6-8-15(9-7-14)12-20(17-10-11-17)13-18(21)19-16-4-2-3-5-16/h6-9,16-17H,2-5,10-13H2,1H3,(H,19,21). The highest BCUT2D eigenvalue weighted by atomic mass is 16.2. The first kappa shape index (κ1) is 14.6. The zero-order valence-corrected chi connectivity index (χ0v) is 13.0. The Hall–Kier alpha value is -1.35. The van der Waals surface area contributed by atoms with Gasteiger partial charge in [0.25, 0.3) is 0 Å². The van der Waals surface area contributed by atoms with E-state index in [1.807, 2.05) is 0 Å². The van der Waals surface area contributed by atoms with Crippen molar-refractivity contribution in [2.45, 2.75) is 64.1 Å². The van der Waals surface area contributed by atoms with Crippen molar-refractivity contribution in [1.29, 1.82) is 0 Å². The van der Waals surface area contributed by atoms with Crippen molar-refractivity contribution in [3.8, 4) is 0 Å². The summed E-state index contributed by atoms with van der Waals surface area (Å²) in [6.45, 7) is 3.55. The quantitative estimate of drug-likeness (QED) is 0.872. The molecule has 2 aliphatic carbocycles. The molecule has 3 heteroatoms. The van der Waals surface area contributed by atoms with Gasteiger partial charge >= 0.3 is 0 Å². The number of hydrogen-bond acceptors (Lipinski definition) is 2. The van der Waals surface area contributed by atoms with Crippen molar-refractivity contribution in [1.82, 2.24) is 10.2 Å². The minimum atomic E-state index is 0.209. The van der Waals surface area contributed by atoms with Gasteiger partial charge in [-0.2, -0.15) is 0 Å². The number of hydrogen-bond donors (Lipinski definition) is 1. The average Bonchev–Trinajstić information content (AvgIpc) is 3.19. The minimum absolute atomic E-state index is 0.209. The zero-order chi connectivity index (χ0) is 14.7. The van der Waals surface area contributed by atoms with Gasteiger partial charge in [-0.15, -0.1) is 0 Å². The van der Waals surface area contributed by atoms with E-state index in [0.717, 1.165) is 19.4 Å². The summed E-state index contributed by atoms with van der Waals surface area (Å²) in [6.07, 6.45) is 7.33. The summed E-state index contributed by atoms with van der Waals surface area (Å²) in [5, 5.41) is 3.21. The van der Waals surface area contributed by atoms with E-state index in [0.29, 0.717) is 18.6 Å². The summed E-state index contributed by atoms with van der Waals surface area (Å²) >= 11 is 0. The summed E-state index contributed by atoms with van der Waals surface area (Å²) in [5.41, 5.74) is 2.59. The first-order valence-corrected chi connectivity index (χ1v) is 8.29. The summed E-state index contributed by atoms with van der Waals surface area (Å²) in [7, 11) is 0. The summed E-state index contributed by atoms with van der Waals surface area (Å²) in [4.78, 5) is 14.6. The molecular weight excluding hydrogens is 260 g/mol. The van der Waals surface area contributed by atoms with E-state index >= 15 is 0 Å². The fourth-order valence-electron chi connectivity index (χ4n) is 3.21. The van der Waals surface area contributed by atoms with E-state index in [1.165, 1.54) is 36.8 Å². The van der Waals surface area contributed by atoms with E-state index in [9.17, 15) is 4.79 Å². The number of rotatable bonds is 6. The Bertz CT molecular complexity index is 472. The second-order valence-electron chi connectivity index (χ2n) is 6.67. The molecule has 114 valence electrons. The van der Waals surface area contributed by atoms with Gasteiger partial charge in [0.05, 0.1) is 6.54 Å². The molecule has 0 spiro atoms. The van der Waals surface area contributed by atoms with Crippen LogP contribution in [0.1, 0.15) is 49.7 Å². The highest BCUT2D eigenvalue weighted by Gasteiger charge is 2.30. The molecule has 2 saturated carbocycles. The lowest BCUT2D eigenvalue weighted by Crippen LogP contribution is -2.41. The highest BCUT2D eigenvalue weighted by molar-refractivity contribution is 5.78. The lowest BCUT2D eigenvalue weighted by Gasteiger charge is -2.23. The maximum Gasteiger partial charge on any atom is 0.234 e. The molecule has 0 aliphatic heterocycles. The minimum Gasteiger partial charge on any atom is -0.352 e. The molecule has 1 amide bonds. The second kappa shape index (κ2) is 6.61. The third-order valence-corrected chi connectivity index (χ3v) is 4.64. The maximum atomic E-state index is 12.2. The number of nitrogens with zero attached hydrogens (tertiary/aromatic N) is 1. The van der Waals surface area contributed by atoms with Crippen LogP contribution in [0.2, 0.25) is 0 Å². The molecule has 0 unspecified atom stereocenters. The molecule has 2 aliphatic rings. The Balaban J connectivity index is 1.54. The van der Waals surface area contributed by atoms with Gasteiger partial charge in [-0.3, -0.25) is 9.69 Å². The van der Waals surface area contributed by atoms with Crippen LogP contribution in [-0.4, -0.2) is 29.4 Å². The van der Waals surface area contributed by atoms with Gasteiger partial charge in [0, 0.05) is 18.6 Å². The molecule has 0 bridgehead atoms. The number of carbonyl (C=O) groups is 1. The van der Waals surface area contributed by atoms with Crippen molar-refractivity contribution in [3.63, 3.8) is 0 Å². The fourth-order valence-corrected chi connectivity index (χ4v) is 3.21. The average molecular weight is 286 g/mol. The zero-order valence-electron chi connectivity index (χ0n) is 13.0. The van der Waals surface area contributed by atoms with Crippen molar-refractivity contribution >= 4 is 5.91 Å². The van der Waals surface area contributed by atoms with Crippen molar-refractivity contribution in [2.24, 2.45) is 0 Å². The molecule has 0 atom stereocenters. The van der Waals surface area contributed by atoms with Crippen molar-refractivity contribution in [2.75, 3.05) is 6.54 Å². The molecule has 3 nitrogen and oxygen atoms in total. The molecule has 2 fully saturated rings. The van der Waals surface area contributed by atoms with E-state index in [-0.39, 0.29) is 5.91 Å². The van der Waals surface area contributed by atoms with Crippen LogP contribution in [0.4, 0.5) is 0 Å². The molecule has 3 rings (SSSR count). The molecule has 0 radical (unpaired) electrons. The third-order valence-electron chi connectivity index (χ3n) is 4.64. The predicted molar refractivity (Wildman–Crippen MR) is 85.0 cm³/mol. The van der Waals surface area contributed by atoms with Crippen molar-refractivity contribution < 1.29 is 4.79 Å². The normalized spacial score (nSPS) is 19.1. The molecule has 0 heterocycles. The molecule has 1 N–H and O–H groups in total. The second-order valence-corrected chi connectivity index (χ2v) is 6.67. The van der Waals surface area contributed by atoms with Crippen LogP contribution in [0, 0.1) is 6.92 Å². The molecule has 21 heavy (non-hydrogen) atoms. The first-order chi connectivity index (χ1) is 10.2. The summed E-state index contributed by atoms with van der Waals surface area (Å²) in [5.74, 6) is 0.209. The Morgan fingerprint density at radius 2 is 1.81 bits per heavy atom. The van der Waals surface area contributed by atoms with Crippen LogP contribution in [0.25, 0.3) is 0 Å². The van der Waals surface area contributed by atoms with Crippen LogP contribution in [-0.2, 0) is 11.3 Å². The lowest BCUT2D eigenvalue weighted by molar-refractivity contribution is -0.123. The van der Waals surface area contributed by atoms with Gasteiger partial charge in [-0.05, 0) is 38.2 Å². The number of amides is 1. The fraction of sp³-hybridized carbons (Fsp3) is 0.611. The van der Waals surface area contributed by atoms with Crippen LogP contribution >= 0.6 is 0 Å². The van der Waals surface area contributed by atoms with Gasteiger partial charge < -0.3 is 5.32 Å². The van der Waals surface area contributed by atoms with Crippen LogP contribution in [0.5, 0.6) is 0 Å². The van der Waals surface area contributed by atoms with Gasteiger partial charge in [0.2, 0.25) is 5.91 Å². The topological polar surface area (TPSA) is 32.3 Å². The summed E-state index contributed by atoms with van der Waals surface area (Å²) in [6, 6.07) is 9.70. The van der Waals surface area contributed by atoms with Crippen LogP contribution < -0.4 is 5.32 Å². The SMILES string of the molecule is Cc1ccc(CN(CC(=O)NC2CCCC2)C2CC2)cc1. The van der Waals surface area contributed by atoms with Gasteiger partial charge in [-0.25, -0.2) is 0 Å². The Morgan fingerprint density at radius 3 is 2.43 bits per heavy atom. The van der Waals surface area contributed by atoms with E-state index in [1.54, 1.807) is 0 Å². The van der Waals surface area contributed by atoms with E-state index in [2.05, 4.69) is 41.4 Å². The largest absolute Gasteiger partial charge is 0.352 e. The Labute approximate surface area is 127 Å². The van der Waals surface area contributed by atoms with Crippen LogP contribution in [0.15, 0.2) is 24.3 Å². The van der Waals surface area contributed by atoms with Gasteiger partial charge in [0.1, 0.15) is 0 Å². The number of aryl methyl sites for hydroxylation is 1. The molecule has 1 aromatic carbocycles. The Morgan fingerprint density at radius 1 is 1.14 bits per heavy atom. The molecular formula is C18H26N2O. The predicted octanol–water partition coefficient (Wildman–Crippen LogP) is 3.02. The maximum absolute atomic E-state index is 12.2. The van der Waals surface area contributed by atoms with Gasteiger partial charge in [-0.1, -0.05) is 42.7 Å². The Kier molecular flexibility index (Phi) is 4.59. The third kappa shape index (κ3) is 4.31. The number of nitrogens with one attached hydrogen (secondary N) is 1. The summed E-state index contributed by atoms with van der Waals surface area (Å²) < 4.78 is 0. The molecule has 0 aromatic heterocycles. The van der Waals surface area contributed by atoms with Gasteiger partial charge in [0.15, 0.2) is 0 Å². The molecule has 0 saturated heterocycles. The smallest absolute Gasteiger partial charge is 0.234 e. The molecule has 1 aromatic rings. The number of carbonyl (C=O) groups excluding carboxylic acids is 1. The number of benzene rings is 1. The van der Waals surface area contributed by atoms with Crippen molar-refractivity contribution in [3.05, 3.63) is 35.4 Å². The van der Waals surface area contributed by atoms with E-state index < -0.39 is 0 Å². The highest BCUT2D eigenvalue weighted by Crippen LogP contribution is 2.28. The monoisotopic (exact) mass is 286 g/mol. The first-order valence-electron chi connectivity index (χ1n) is 8.29.